The first-order valence-electron chi connectivity index (χ1n) is 10.8. The molecule has 2 heterocycles. The Morgan fingerprint density at radius 3 is 2.37 bits per heavy atom. The summed E-state index contributed by atoms with van der Waals surface area (Å²) in [4.78, 5) is 18.8. The molecule has 30 heavy (non-hydrogen) atoms. The average Bonchev–Trinajstić information content (AvgIpc) is 3.49. The summed E-state index contributed by atoms with van der Waals surface area (Å²) in [6.07, 6.45) is -0.355. The first-order valence-corrected chi connectivity index (χ1v) is 10.8. The number of hydrogen-bond donors (Lipinski definition) is 1. The summed E-state index contributed by atoms with van der Waals surface area (Å²) in [7, 11) is 0. The highest BCUT2D eigenvalue weighted by molar-refractivity contribution is 5.86. The van der Waals surface area contributed by atoms with E-state index in [4.69, 9.17) is 0 Å². The molecule has 2 atom stereocenters. The molecule has 8 heteroatoms. The number of hydrogen-bond acceptors (Lipinski definition) is 4. The molecule has 1 N–H and O–H groups in total. The zero-order valence-corrected chi connectivity index (χ0v) is 17.4. The number of nitrogens with zero attached hydrogens (tertiary/aromatic N) is 3. The van der Waals surface area contributed by atoms with E-state index in [1.54, 1.807) is 0 Å². The van der Waals surface area contributed by atoms with Crippen LogP contribution in [-0.4, -0.2) is 72.2 Å². The normalized spacial score (nSPS) is 27.0. The SMILES string of the molecule is C[C@H]1C(=O)N(CCCN2CCC3(CC3)[C@H](O)C2)CCN1c1ccc(C(F)(F)F)cc1. The van der Waals surface area contributed by atoms with Crippen molar-refractivity contribution >= 4 is 11.6 Å². The molecule has 5 nitrogen and oxygen atoms in total. The maximum atomic E-state index is 12.8. The van der Waals surface area contributed by atoms with Crippen LogP contribution in [0.25, 0.3) is 0 Å². The molecule has 1 saturated carbocycles. The Morgan fingerprint density at radius 1 is 1.07 bits per heavy atom. The van der Waals surface area contributed by atoms with Crippen molar-refractivity contribution < 1.29 is 23.1 Å². The van der Waals surface area contributed by atoms with Crippen LogP contribution in [0.5, 0.6) is 0 Å². The quantitative estimate of drug-likeness (QED) is 0.788. The second-order valence-corrected chi connectivity index (χ2v) is 9.02. The predicted molar refractivity (Wildman–Crippen MR) is 108 cm³/mol. The lowest BCUT2D eigenvalue weighted by atomic mass is 9.90. The van der Waals surface area contributed by atoms with E-state index in [9.17, 15) is 23.1 Å². The lowest BCUT2D eigenvalue weighted by Gasteiger charge is -2.41. The number of carbonyl (C=O) groups excluding carboxylic acids is 1. The maximum Gasteiger partial charge on any atom is 0.416 e. The van der Waals surface area contributed by atoms with Crippen molar-refractivity contribution in [1.82, 2.24) is 9.80 Å². The van der Waals surface area contributed by atoms with E-state index in [0.717, 1.165) is 57.5 Å². The first kappa shape index (κ1) is 21.4. The van der Waals surface area contributed by atoms with Gasteiger partial charge in [0, 0.05) is 31.9 Å². The fraction of sp³-hybridized carbons (Fsp3) is 0.682. The Labute approximate surface area is 175 Å². The van der Waals surface area contributed by atoms with Crippen molar-refractivity contribution in [2.45, 2.75) is 50.9 Å². The number of aliphatic hydroxyl groups is 1. The molecule has 166 valence electrons. The van der Waals surface area contributed by atoms with E-state index in [1.165, 1.54) is 12.1 Å². The van der Waals surface area contributed by atoms with Gasteiger partial charge < -0.3 is 19.8 Å². The smallest absolute Gasteiger partial charge is 0.391 e. The molecule has 4 rings (SSSR count). The van der Waals surface area contributed by atoms with E-state index in [-0.39, 0.29) is 17.4 Å². The third-order valence-electron chi connectivity index (χ3n) is 7.13. The van der Waals surface area contributed by atoms with E-state index < -0.39 is 17.8 Å². The van der Waals surface area contributed by atoms with Gasteiger partial charge in [-0.1, -0.05) is 0 Å². The standard InChI is InChI=1S/C22H30F3N3O2/c1-16-20(30)27(11-2-10-26-12-9-21(7-8-21)19(29)15-26)13-14-28(16)18-5-3-17(4-6-18)22(23,24)25/h3-6,16,19,29H,2,7-15H2,1H3/t16-,19+/m0/s1. The largest absolute Gasteiger partial charge is 0.416 e. The molecule has 3 aliphatic rings. The van der Waals surface area contributed by atoms with Crippen molar-refractivity contribution in [3.63, 3.8) is 0 Å². The highest BCUT2D eigenvalue weighted by atomic mass is 19.4. The van der Waals surface area contributed by atoms with Gasteiger partial charge in [0.15, 0.2) is 0 Å². The molecule has 1 amide bonds. The Morgan fingerprint density at radius 2 is 1.77 bits per heavy atom. The molecule has 0 unspecified atom stereocenters. The number of rotatable bonds is 5. The minimum atomic E-state index is -4.36. The molecule has 3 fully saturated rings. The van der Waals surface area contributed by atoms with Gasteiger partial charge in [0.2, 0.25) is 5.91 Å². The van der Waals surface area contributed by atoms with Gasteiger partial charge in [0.05, 0.1) is 11.7 Å². The predicted octanol–water partition coefficient (Wildman–Crippen LogP) is 2.98. The summed E-state index contributed by atoms with van der Waals surface area (Å²) in [5, 5.41) is 10.3. The van der Waals surface area contributed by atoms with Crippen molar-refractivity contribution in [3.05, 3.63) is 29.8 Å². The number of piperazine rings is 1. The first-order chi connectivity index (χ1) is 14.2. The van der Waals surface area contributed by atoms with Gasteiger partial charge in [-0.05, 0) is 75.4 Å². The Kier molecular flexibility index (Phi) is 5.74. The highest BCUT2D eigenvalue weighted by Gasteiger charge is 2.51. The molecule has 1 aromatic carbocycles. The van der Waals surface area contributed by atoms with Crippen LogP contribution in [0.15, 0.2) is 24.3 Å². The second kappa shape index (κ2) is 8.04. The average molecular weight is 425 g/mol. The molecule has 2 aliphatic heterocycles. The number of anilines is 1. The van der Waals surface area contributed by atoms with Gasteiger partial charge in [-0.3, -0.25) is 4.79 Å². The minimum absolute atomic E-state index is 0.0109. The summed E-state index contributed by atoms with van der Waals surface area (Å²) >= 11 is 0. The number of piperidine rings is 1. The molecule has 2 saturated heterocycles. The number of amides is 1. The Hall–Kier alpha value is -1.80. The molecule has 1 spiro atoms. The molecule has 0 radical (unpaired) electrons. The number of aliphatic hydroxyl groups excluding tert-OH is 1. The Balaban J connectivity index is 1.26. The fourth-order valence-corrected chi connectivity index (χ4v) is 4.86. The van der Waals surface area contributed by atoms with Crippen LogP contribution in [0.3, 0.4) is 0 Å². The highest BCUT2D eigenvalue weighted by Crippen LogP contribution is 2.53. The van der Waals surface area contributed by atoms with Gasteiger partial charge in [-0.2, -0.15) is 13.2 Å². The third kappa shape index (κ3) is 4.30. The lowest BCUT2D eigenvalue weighted by Crippen LogP contribution is -2.56. The zero-order valence-electron chi connectivity index (χ0n) is 17.4. The lowest BCUT2D eigenvalue weighted by molar-refractivity contribution is -0.137. The number of alkyl halides is 3. The molecule has 0 aromatic heterocycles. The van der Waals surface area contributed by atoms with Crippen molar-refractivity contribution in [2.24, 2.45) is 5.41 Å². The maximum absolute atomic E-state index is 12.8. The van der Waals surface area contributed by atoms with Crippen molar-refractivity contribution in [2.75, 3.05) is 44.2 Å². The summed E-state index contributed by atoms with van der Waals surface area (Å²) in [6, 6.07) is 4.62. The van der Waals surface area contributed by atoms with Crippen LogP contribution < -0.4 is 4.90 Å². The van der Waals surface area contributed by atoms with Gasteiger partial charge in [-0.25, -0.2) is 0 Å². The van der Waals surface area contributed by atoms with Gasteiger partial charge >= 0.3 is 6.18 Å². The van der Waals surface area contributed by atoms with E-state index in [2.05, 4.69) is 4.90 Å². The summed E-state index contributed by atoms with van der Waals surface area (Å²) < 4.78 is 38.3. The second-order valence-electron chi connectivity index (χ2n) is 9.02. The number of β-amino-alcohol motifs (C(OH)–C–C–N with tert-alkyl or cyclic N) is 1. The Bertz CT molecular complexity index is 764. The molecule has 1 aliphatic carbocycles. The molecular formula is C22H30F3N3O2. The van der Waals surface area contributed by atoms with Gasteiger partial charge in [-0.15, -0.1) is 0 Å². The van der Waals surface area contributed by atoms with Gasteiger partial charge in [0.25, 0.3) is 0 Å². The number of benzene rings is 1. The summed E-state index contributed by atoms with van der Waals surface area (Å²) in [5.41, 5.74) is 0.162. The third-order valence-corrected chi connectivity index (χ3v) is 7.13. The number of halogens is 3. The van der Waals surface area contributed by atoms with Crippen LogP contribution in [0.2, 0.25) is 0 Å². The van der Waals surface area contributed by atoms with Crippen LogP contribution in [0.1, 0.15) is 38.2 Å². The fourth-order valence-electron chi connectivity index (χ4n) is 4.86. The summed E-state index contributed by atoms with van der Waals surface area (Å²) in [5.74, 6) is 0.0109. The van der Waals surface area contributed by atoms with E-state index in [1.807, 2.05) is 16.7 Å². The number of carbonyl (C=O) groups is 1. The van der Waals surface area contributed by atoms with Crippen LogP contribution in [-0.2, 0) is 11.0 Å². The monoisotopic (exact) mass is 425 g/mol. The van der Waals surface area contributed by atoms with Crippen LogP contribution in [0, 0.1) is 5.41 Å². The van der Waals surface area contributed by atoms with Crippen molar-refractivity contribution in [1.29, 1.82) is 0 Å². The zero-order chi connectivity index (χ0) is 21.5. The van der Waals surface area contributed by atoms with E-state index in [0.29, 0.717) is 25.3 Å². The number of likely N-dealkylation sites (tertiary alicyclic amines) is 1. The van der Waals surface area contributed by atoms with Crippen LogP contribution in [0.4, 0.5) is 18.9 Å². The van der Waals surface area contributed by atoms with Crippen molar-refractivity contribution in [3.8, 4) is 0 Å². The van der Waals surface area contributed by atoms with E-state index >= 15 is 0 Å². The summed E-state index contributed by atoms with van der Waals surface area (Å²) in [6.45, 7) is 6.26. The molecule has 1 aromatic rings. The van der Waals surface area contributed by atoms with Crippen LogP contribution >= 0.6 is 0 Å². The molecular weight excluding hydrogens is 395 g/mol. The molecule has 0 bridgehead atoms. The minimum Gasteiger partial charge on any atom is -0.391 e. The van der Waals surface area contributed by atoms with Gasteiger partial charge in [0.1, 0.15) is 6.04 Å². The topological polar surface area (TPSA) is 47.0 Å².